The quantitative estimate of drug-likeness (QED) is 0.291. The van der Waals surface area contributed by atoms with Crippen molar-refractivity contribution in [2.24, 2.45) is 0 Å². The Morgan fingerprint density at radius 2 is 1.70 bits per heavy atom. The Labute approximate surface area is 277 Å². The largest absolute Gasteiger partial charge is 0.321 e. The highest BCUT2D eigenvalue weighted by Gasteiger charge is 2.26. The fourth-order valence-electron chi connectivity index (χ4n) is 5.32. The average molecular weight is 675 g/mol. The van der Waals surface area contributed by atoms with Crippen molar-refractivity contribution in [3.05, 3.63) is 108 Å². The van der Waals surface area contributed by atoms with E-state index in [0.29, 0.717) is 33.9 Å². The second-order valence-electron chi connectivity index (χ2n) is 12.2. The van der Waals surface area contributed by atoms with Crippen LogP contribution in [0.2, 0.25) is 5.02 Å². The third kappa shape index (κ3) is 6.88. The number of aromatic nitrogens is 1. The van der Waals surface area contributed by atoms with E-state index in [4.69, 9.17) is 11.6 Å². The lowest BCUT2D eigenvalue weighted by molar-refractivity contribution is -0.111. The fraction of sp³-hybridized carbons (Fsp3) is 0.286. The van der Waals surface area contributed by atoms with Crippen molar-refractivity contribution in [1.82, 2.24) is 8.87 Å². The summed E-state index contributed by atoms with van der Waals surface area (Å²) in [6.45, 7) is 9.03. The number of anilines is 1. The molecule has 1 aromatic heterocycles. The molecule has 238 valence electrons. The number of hydrogen-bond donors (Lipinski definition) is 1. The van der Waals surface area contributed by atoms with Gasteiger partial charge in [0.25, 0.3) is 11.5 Å². The molecular weight excluding hydrogens is 640 g/mol. The number of sulfonamides is 1. The summed E-state index contributed by atoms with van der Waals surface area (Å²) in [6.07, 6.45) is 4.32. The normalized spacial score (nSPS) is 15.3. The summed E-state index contributed by atoms with van der Waals surface area (Å²) in [5.74, 6) is -0.772. The SMILES string of the molecule is Cc1c(Cl)cccc1-n1c(=O)/c(=C\c2ccc(C(C)(C)C)cc2)s/c1=C(/C#N)C(=O)Nc1cccc(S(=O)(=O)N2CCCCC2)c1. The molecule has 11 heteroatoms. The van der Waals surface area contributed by atoms with Gasteiger partial charge in [0.1, 0.15) is 10.7 Å². The number of nitrogens with zero attached hydrogens (tertiary/aromatic N) is 3. The lowest BCUT2D eigenvalue weighted by Gasteiger charge is -2.26. The van der Waals surface area contributed by atoms with Gasteiger partial charge in [-0.25, -0.2) is 8.42 Å². The molecule has 0 radical (unpaired) electrons. The van der Waals surface area contributed by atoms with Gasteiger partial charge in [0.05, 0.1) is 15.1 Å². The van der Waals surface area contributed by atoms with Gasteiger partial charge in [0, 0.05) is 23.8 Å². The lowest BCUT2D eigenvalue weighted by Crippen LogP contribution is -2.35. The van der Waals surface area contributed by atoms with Crippen LogP contribution in [0.15, 0.2) is 76.4 Å². The number of halogens is 1. The van der Waals surface area contributed by atoms with Crippen LogP contribution in [0.1, 0.15) is 56.7 Å². The van der Waals surface area contributed by atoms with Crippen LogP contribution in [0.5, 0.6) is 0 Å². The maximum Gasteiger partial charge on any atom is 0.273 e. The minimum atomic E-state index is -3.74. The standard InChI is InChI=1S/C35H35ClN4O4S2/c1-23-29(36)12-9-13-30(23)40-33(42)31(20-24-14-16-25(17-15-24)35(2,3)4)45-34(40)28(22-37)32(41)38-26-10-8-11-27(21-26)46(43,44)39-18-6-5-7-19-39/h8-17,20-21H,5-7,18-19H2,1-4H3,(H,38,41)/b31-20+,34-28-. The van der Waals surface area contributed by atoms with Crippen LogP contribution in [0.4, 0.5) is 5.69 Å². The number of carbonyl (C=O) groups is 1. The number of hydrogen-bond acceptors (Lipinski definition) is 6. The van der Waals surface area contributed by atoms with E-state index in [2.05, 4.69) is 26.1 Å². The number of rotatable bonds is 6. The number of amides is 1. The number of carbonyl (C=O) groups excluding carboxylic acids is 1. The zero-order valence-corrected chi connectivity index (χ0v) is 28.5. The zero-order chi connectivity index (χ0) is 33.2. The molecular formula is C35H35ClN4O4S2. The molecule has 0 aliphatic carbocycles. The molecule has 8 nitrogen and oxygen atoms in total. The van der Waals surface area contributed by atoms with Gasteiger partial charge in [-0.15, -0.1) is 11.3 Å². The summed E-state index contributed by atoms with van der Waals surface area (Å²) in [5.41, 5.74) is 2.48. The number of piperidine rings is 1. The topological polar surface area (TPSA) is 112 Å². The summed E-state index contributed by atoms with van der Waals surface area (Å²) in [5, 5.41) is 13.4. The first-order chi connectivity index (χ1) is 21.8. The minimum Gasteiger partial charge on any atom is -0.321 e. The van der Waals surface area contributed by atoms with E-state index in [-0.39, 0.29) is 26.2 Å². The monoisotopic (exact) mass is 674 g/mol. The molecule has 2 heterocycles. The van der Waals surface area contributed by atoms with E-state index in [0.717, 1.165) is 41.7 Å². The van der Waals surface area contributed by atoms with Gasteiger partial charge in [0.2, 0.25) is 10.0 Å². The van der Waals surface area contributed by atoms with Gasteiger partial charge in [0.15, 0.2) is 5.57 Å². The van der Waals surface area contributed by atoms with Crippen molar-refractivity contribution < 1.29 is 13.2 Å². The second kappa shape index (κ2) is 13.4. The van der Waals surface area contributed by atoms with E-state index in [1.165, 1.54) is 21.0 Å². The van der Waals surface area contributed by atoms with Gasteiger partial charge in [-0.3, -0.25) is 14.2 Å². The molecule has 1 amide bonds. The van der Waals surface area contributed by atoms with Crippen LogP contribution < -0.4 is 20.1 Å². The van der Waals surface area contributed by atoms with Gasteiger partial charge in [-0.1, -0.05) is 75.2 Å². The molecule has 1 fully saturated rings. The Morgan fingerprint density at radius 3 is 2.35 bits per heavy atom. The first-order valence-electron chi connectivity index (χ1n) is 15.0. The van der Waals surface area contributed by atoms with Crippen molar-refractivity contribution in [3.8, 4) is 11.8 Å². The Bertz CT molecular complexity index is 2130. The fourth-order valence-corrected chi connectivity index (χ4v) is 8.14. The van der Waals surface area contributed by atoms with Crippen molar-refractivity contribution in [2.45, 2.75) is 57.3 Å². The van der Waals surface area contributed by atoms with Crippen molar-refractivity contribution >= 4 is 56.2 Å². The summed E-state index contributed by atoms with van der Waals surface area (Å²) in [7, 11) is -3.74. The van der Waals surface area contributed by atoms with Crippen LogP contribution >= 0.6 is 22.9 Å². The summed E-state index contributed by atoms with van der Waals surface area (Å²) >= 11 is 7.45. The first-order valence-corrected chi connectivity index (χ1v) is 17.6. The highest BCUT2D eigenvalue weighted by Crippen LogP contribution is 2.25. The highest BCUT2D eigenvalue weighted by atomic mass is 35.5. The Balaban J connectivity index is 1.62. The van der Waals surface area contributed by atoms with Crippen molar-refractivity contribution in [3.63, 3.8) is 0 Å². The van der Waals surface area contributed by atoms with Crippen LogP contribution in [0, 0.1) is 18.3 Å². The number of nitriles is 1. The summed E-state index contributed by atoms with van der Waals surface area (Å²) in [4.78, 5) is 27.7. The third-order valence-corrected chi connectivity index (χ3v) is 11.4. The molecule has 0 saturated carbocycles. The molecule has 5 rings (SSSR count). The summed E-state index contributed by atoms with van der Waals surface area (Å²) in [6, 6.07) is 21.0. The second-order valence-corrected chi connectivity index (χ2v) is 15.6. The number of thiazole rings is 1. The summed E-state index contributed by atoms with van der Waals surface area (Å²) < 4.78 is 29.8. The predicted octanol–water partition coefficient (Wildman–Crippen LogP) is 5.47. The molecule has 0 spiro atoms. The van der Waals surface area contributed by atoms with Crippen molar-refractivity contribution in [1.29, 1.82) is 5.26 Å². The van der Waals surface area contributed by atoms with E-state index in [1.807, 2.05) is 30.3 Å². The van der Waals surface area contributed by atoms with Crippen LogP contribution in [-0.2, 0) is 20.2 Å². The predicted molar refractivity (Wildman–Crippen MR) is 184 cm³/mol. The Kier molecular flexibility index (Phi) is 9.70. The Morgan fingerprint density at radius 1 is 1.02 bits per heavy atom. The molecule has 1 saturated heterocycles. The van der Waals surface area contributed by atoms with Crippen LogP contribution in [0.3, 0.4) is 0 Å². The molecule has 0 unspecified atom stereocenters. The van der Waals surface area contributed by atoms with E-state index in [1.54, 1.807) is 43.3 Å². The van der Waals surface area contributed by atoms with E-state index >= 15 is 0 Å². The Hall–Kier alpha value is -4.01. The molecule has 0 atom stereocenters. The van der Waals surface area contributed by atoms with Crippen LogP contribution in [-0.4, -0.2) is 36.3 Å². The molecule has 4 aromatic rings. The zero-order valence-electron chi connectivity index (χ0n) is 26.1. The number of nitrogens with one attached hydrogen (secondary N) is 1. The molecule has 0 bridgehead atoms. The van der Waals surface area contributed by atoms with Gasteiger partial charge in [-0.2, -0.15) is 9.57 Å². The molecule has 1 aliphatic rings. The maximum absolute atomic E-state index is 14.0. The molecule has 3 aromatic carbocycles. The van der Waals surface area contributed by atoms with E-state index in [9.17, 15) is 23.3 Å². The molecule has 1 N–H and O–H groups in total. The van der Waals surface area contributed by atoms with Gasteiger partial charge >= 0.3 is 0 Å². The highest BCUT2D eigenvalue weighted by molar-refractivity contribution is 7.89. The van der Waals surface area contributed by atoms with Crippen molar-refractivity contribution in [2.75, 3.05) is 18.4 Å². The van der Waals surface area contributed by atoms with Crippen LogP contribution in [0.25, 0.3) is 17.3 Å². The molecule has 1 aliphatic heterocycles. The average Bonchev–Trinajstić information content (AvgIpc) is 3.33. The lowest BCUT2D eigenvalue weighted by atomic mass is 9.87. The maximum atomic E-state index is 14.0. The van der Waals surface area contributed by atoms with E-state index < -0.39 is 21.5 Å². The molecule has 46 heavy (non-hydrogen) atoms. The third-order valence-electron chi connectivity index (χ3n) is 7.98. The van der Waals surface area contributed by atoms with Gasteiger partial charge < -0.3 is 5.32 Å². The number of benzene rings is 3. The smallest absolute Gasteiger partial charge is 0.273 e. The first kappa shape index (κ1) is 33.4. The minimum absolute atomic E-state index is 0.0350. The van der Waals surface area contributed by atoms with Gasteiger partial charge in [-0.05, 0) is 78.3 Å².